The van der Waals surface area contributed by atoms with Crippen molar-refractivity contribution in [1.29, 1.82) is 0 Å². The lowest BCUT2D eigenvalue weighted by Gasteiger charge is -2.27. The monoisotopic (exact) mass is 379 g/mol. The zero-order valence-electron chi connectivity index (χ0n) is 16.6. The summed E-state index contributed by atoms with van der Waals surface area (Å²) in [6, 6.07) is 14.0. The minimum atomic E-state index is -0.680. The summed E-state index contributed by atoms with van der Waals surface area (Å²) < 4.78 is 5.49. The standard InChI is InChI=1S/C23H25NO4/c1-5-28-18-12-8-16(9-13-18)20-19(21(25)14(2)3)22(26)23(27)24(20)17-10-6-15(4)7-11-17/h6-14,20,26H,5H2,1-4H3. The molecule has 1 atom stereocenters. The van der Waals surface area contributed by atoms with E-state index in [1.165, 1.54) is 4.90 Å². The highest BCUT2D eigenvalue weighted by molar-refractivity contribution is 6.16. The fourth-order valence-electron chi connectivity index (χ4n) is 3.37. The number of ketones is 1. The number of aliphatic hydroxyl groups is 1. The summed E-state index contributed by atoms with van der Waals surface area (Å²) in [4.78, 5) is 27.3. The SMILES string of the molecule is CCOc1ccc(C2C(C(=O)C(C)C)=C(O)C(=O)N2c2ccc(C)cc2)cc1. The number of aliphatic hydroxyl groups excluding tert-OH is 1. The van der Waals surface area contributed by atoms with Gasteiger partial charge < -0.3 is 9.84 Å². The maximum atomic E-state index is 12.9. The molecule has 28 heavy (non-hydrogen) atoms. The number of amides is 1. The summed E-state index contributed by atoms with van der Waals surface area (Å²) in [5.41, 5.74) is 2.58. The smallest absolute Gasteiger partial charge is 0.294 e. The van der Waals surface area contributed by atoms with E-state index in [0.717, 1.165) is 11.1 Å². The molecule has 1 aliphatic rings. The molecule has 0 aromatic heterocycles. The van der Waals surface area contributed by atoms with Crippen LogP contribution in [-0.4, -0.2) is 23.4 Å². The molecule has 1 N–H and O–H groups in total. The van der Waals surface area contributed by atoms with Crippen LogP contribution in [0.2, 0.25) is 0 Å². The zero-order valence-corrected chi connectivity index (χ0v) is 16.6. The third-order valence-corrected chi connectivity index (χ3v) is 4.82. The van der Waals surface area contributed by atoms with Crippen LogP contribution in [0.5, 0.6) is 5.75 Å². The molecule has 1 aliphatic heterocycles. The summed E-state index contributed by atoms with van der Waals surface area (Å²) in [5.74, 6) is -0.903. The van der Waals surface area contributed by atoms with Crippen LogP contribution >= 0.6 is 0 Å². The molecule has 1 heterocycles. The number of anilines is 1. The molecule has 0 bridgehead atoms. The fourth-order valence-corrected chi connectivity index (χ4v) is 3.37. The summed E-state index contributed by atoms with van der Waals surface area (Å²) >= 11 is 0. The molecule has 5 nitrogen and oxygen atoms in total. The number of carbonyl (C=O) groups is 2. The van der Waals surface area contributed by atoms with Gasteiger partial charge in [-0.3, -0.25) is 14.5 Å². The number of carbonyl (C=O) groups excluding carboxylic acids is 2. The van der Waals surface area contributed by atoms with Crippen molar-refractivity contribution < 1.29 is 19.4 Å². The lowest BCUT2D eigenvalue weighted by atomic mass is 9.91. The number of hydrogen-bond donors (Lipinski definition) is 1. The molecule has 0 aliphatic carbocycles. The summed E-state index contributed by atoms with van der Waals surface area (Å²) in [6.45, 7) is 7.94. The van der Waals surface area contributed by atoms with Crippen LogP contribution in [-0.2, 0) is 9.59 Å². The second-order valence-corrected chi connectivity index (χ2v) is 7.20. The zero-order chi connectivity index (χ0) is 20.4. The van der Waals surface area contributed by atoms with Gasteiger partial charge in [-0.15, -0.1) is 0 Å². The highest BCUT2D eigenvalue weighted by Gasteiger charge is 2.44. The van der Waals surface area contributed by atoms with Crippen LogP contribution in [0.3, 0.4) is 0 Å². The summed E-state index contributed by atoms with van der Waals surface area (Å²) in [5, 5.41) is 10.6. The summed E-state index contributed by atoms with van der Waals surface area (Å²) in [7, 11) is 0. The number of ether oxygens (including phenoxy) is 1. The Hall–Kier alpha value is -3.08. The van der Waals surface area contributed by atoms with Gasteiger partial charge in [0.05, 0.1) is 18.2 Å². The Kier molecular flexibility index (Phi) is 5.54. The number of Topliss-reactive ketones (excluding diaryl/α,β-unsaturated/α-hetero) is 1. The van der Waals surface area contributed by atoms with Gasteiger partial charge in [-0.2, -0.15) is 0 Å². The van der Waals surface area contributed by atoms with E-state index in [1.807, 2.05) is 62.4 Å². The van der Waals surface area contributed by atoms with Gasteiger partial charge in [0.1, 0.15) is 5.75 Å². The first-order chi connectivity index (χ1) is 13.3. The van der Waals surface area contributed by atoms with Crippen molar-refractivity contribution in [2.24, 2.45) is 5.92 Å². The molecule has 0 fully saturated rings. The van der Waals surface area contributed by atoms with E-state index < -0.39 is 17.7 Å². The lowest BCUT2D eigenvalue weighted by Crippen LogP contribution is -2.31. The van der Waals surface area contributed by atoms with Gasteiger partial charge in [-0.1, -0.05) is 43.7 Å². The normalized spacial score (nSPS) is 16.8. The van der Waals surface area contributed by atoms with Crippen LogP contribution in [0.4, 0.5) is 5.69 Å². The Balaban J connectivity index is 2.12. The largest absolute Gasteiger partial charge is 0.503 e. The van der Waals surface area contributed by atoms with Crippen LogP contribution in [0.15, 0.2) is 59.9 Å². The van der Waals surface area contributed by atoms with Gasteiger partial charge in [0.15, 0.2) is 11.5 Å². The number of benzene rings is 2. The van der Waals surface area contributed by atoms with Gasteiger partial charge in [-0.05, 0) is 43.7 Å². The van der Waals surface area contributed by atoms with Gasteiger partial charge in [-0.25, -0.2) is 0 Å². The Bertz CT molecular complexity index is 911. The van der Waals surface area contributed by atoms with Gasteiger partial charge in [0.2, 0.25) is 0 Å². The van der Waals surface area contributed by atoms with Crippen molar-refractivity contribution in [3.8, 4) is 5.75 Å². The molecule has 0 spiro atoms. The molecular weight excluding hydrogens is 354 g/mol. The predicted molar refractivity (Wildman–Crippen MR) is 109 cm³/mol. The molecular formula is C23H25NO4. The van der Waals surface area contributed by atoms with E-state index in [4.69, 9.17) is 4.74 Å². The number of aryl methyl sites for hydroxylation is 1. The highest BCUT2D eigenvalue weighted by Crippen LogP contribution is 2.42. The van der Waals surface area contributed by atoms with Crippen molar-refractivity contribution in [2.45, 2.75) is 33.7 Å². The van der Waals surface area contributed by atoms with Crippen LogP contribution in [0, 0.1) is 12.8 Å². The first kappa shape index (κ1) is 19.7. The van der Waals surface area contributed by atoms with Crippen molar-refractivity contribution >= 4 is 17.4 Å². The second-order valence-electron chi connectivity index (χ2n) is 7.20. The van der Waals surface area contributed by atoms with Crippen LogP contribution in [0.1, 0.15) is 37.9 Å². The third-order valence-electron chi connectivity index (χ3n) is 4.82. The maximum Gasteiger partial charge on any atom is 0.294 e. The van der Waals surface area contributed by atoms with Crippen LogP contribution in [0.25, 0.3) is 0 Å². The Labute approximate surface area is 165 Å². The van der Waals surface area contributed by atoms with E-state index in [0.29, 0.717) is 18.0 Å². The first-order valence-electron chi connectivity index (χ1n) is 9.45. The second kappa shape index (κ2) is 7.89. The predicted octanol–water partition coefficient (Wildman–Crippen LogP) is 4.52. The Morgan fingerprint density at radius 2 is 1.71 bits per heavy atom. The quantitative estimate of drug-likeness (QED) is 0.801. The van der Waals surface area contributed by atoms with Crippen molar-refractivity contribution in [1.82, 2.24) is 0 Å². The van der Waals surface area contributed by atoms with E-state index in [-0.39, 0.29) is 17.3 Å². The summed E-state index contributed by atoms with van der Waals surface area (Å²) in [6.07, 6.45) is 0. The van der Waals surface area contributed by atoms with E-state index in [1.54, 1.807) is 13.8 Å². The average Bonchev–Trinajstić information content (AvgIpc) is 2.94. The topological polar surface area (TPSA) is 66.8 Å². The highest BCUT2D eigenvalue weighted by atomic mass is 16.5. The first-order valence-corrected chi connectivity index (χ1v) is 9.45. The third kappa shape index (κ3) is 3.52. The van der Waals surface area contributed by atoms with E-state index in [2.05, 4.69) is 0 Å². The Morgan fingerprint density at radius 3 is 2.25 bits per heavy atom. The number of hydrogen-bond acceptors (Lipinski definition) is 4. The number of rotatable bonds is 6. The molecule has 3 rings (SSSR count). The molecule has 2 aromatic carbocycles. The molecule has 0 radical (unpaired) electrons. The minimum absolute atomic E-state index is 0.143. The van der Waals surface area contributed by atoms with E-state index >= 15 is 0 Å². The van der Waals surface area contributed by atoms with Gasteiger partial charge >= 0.3 is 0 Å². The van der Waals surface area contributed by atoms with Crippen molar-refractivity contribution in [2.75, 3.05) is 11.5 Å². The van der Waals surface area contributed by atoms with Crippen LogP contribution < -0.4 is 9.64 Å². The molecule has 1 amide bonds. The molecule has 2 aromatic rings. The Morgan fingerprint density at radius 1 is 1.11 bits per heavy atom. The van der Waals surface area contributed by atoms with Crippen molar-refractivity contribution in [3.63, 3.8) is 0 Å². The van der Waals surface area contributed by atoms with Gasteiger partial charge in [0.25, 0.3) is 5.91 Å². The minimum Gasteiger partial charge on any atom is -0.503 e. The van der Waals surface area contributed by atoms with Gasteiger partial charge in [0, 0.05) is 11.6 Å². The molecule has 1 unspecified atom stereocenters. The number of nitrogens with zero attached hydrogens (tertiary/aromatic N) is 1. The molecule has 5 heteroatoms. The van der Waals surface area contributed by atoms with E-state index in [9.17, 15) is 14.7 Å². The lowest BCUT2D eigenvalue weighted by molar-refractivity contribution is -0.119. The fraction of sp³-hybridized carbons (Fsp3) is 0.304. The molecule has 0 saturated carbocycles. The molecule has 0 saturated heterocycles. The average molecular weight is 379 g/mol. The molecule has 146 valence electrons. The van der Waals surface area contributed by atoms with Crippen molar-refractivity contribution in [3.05, 3.63) is 71.0 Å². The maximum absolute atomic E-state index is 12.9.